The van der Waals surface area contributed by atoms with Gasteiger partial charge in [0.05, 0.1) is 24.2 Å². The lowest BCUT2D eigenvalue weighted by Gasteiger charge is -2.26. The van der Waals surface area contributed by atoms with Gasteiger partial charge in [-0.15, -0.1) is 0 Å². The van der Waals surface area contributed by atoms with Gasteiger partial charge in [-0.25, -0.2) is 8.42 Å². The van der Waals surface area contributed by atoms with Gasteiger partial charge in [0.15, 0.2) is 0 Å². The summed E-state index contributed by atoms with van der Waals surface area (Å²) in [4.78, 5) is 12.8. The van der Waals surface area contributed by atoms with Crippen LogP contribution in [0, 0.1) is 6.92 Å². The van der Waals surface area contributed by atoms with E-state index in [2.05, 4.69) is 5.32 Å². The first-order chi connectivity index (χ1) is 13.8. The minimum absolute atomic E-state index is 0.0132. The van der Waals surface area contributed by atoms with E-state index in [1.54, 1.807) is 55.6 Å². The molecular formula is C21H26N2O5S. The number of aryl methyl sites for hydroxylation is 1. The SMILES string of the molecule is COc1ccc(C(=O)N[C@@H]2CN(S(=O)(=O)c3ccc(C)cc3)CCC[C@H]2O)cc1. The van der Waals surface area contributed by atoms with Gasteiger partial charge in [0, 0.05) is 18.7 Å². The van der Waals surface area contributed by atoms with E-state index in [1.165, 1.54) is 4.31 Å². The lowest BCUT2D eigenvalue weighted by molar-refractivity contribution is 0.0820. The van der Waals surface area contributed by atoms with Gasteiger partial charge in [-0.1, -0.05) is 17.7 Å². The Morgan fingerprint density at radius 2 is 1.79 bits per heavy atom. The summed E-state index contributed by atoms with van der Waals surface area (Å²) in [5.74, 6) is 0.262. The molecule has 1 aliphatic rings. The number of hydrogen-bond acceptors (Lipinski definition) is 5. The molecule has 1 fully saturated rings. The Bertz CT molecular complexity index is 942. The lowest BCUT2D eigenvalue weighted by Crippen LogP contribution is -2.49. The summed E-state index contributed by atoms with van der Waals surface area (Å²) in [6.07, 6.45) is 0.102. The van der Waals surface area contributed by atoms with Crippen LogP contribution in [0.2, 0.25) is 0 Å². The molecule has 2 aromatic rings. The van der Waals surface area contributed by atoms with Crippen LogP contribution < -0.4 is 10.1 Å². The number of nitrogens with zero attached hydrogens (tertiary/aromatic N) is 1. The third-order valence-electron chi connectivity index (χ3n) is 5.10. The number of sulfonamides is 1. The molecule has 0 aromatic heterocycles. The van der Waals surface area contributed by atoms with E-state index < -0.39 is 22.2 Å². The van der Waals surface area contributed by atoms with Crippen molar-refractivity contribution in [2.24, 2.45) is 0 Å². The van der Waals surface area contributed by atoms with Crippen molar-refractivity contribution in [3.8, 4) is 5.75 Å². The first-order valence-electron chi connectivity index (χ1n) is 9.51. The quantitative estimate of drug-likeness (QED) is 0.774. The monoisotopic (exact) mass is 418 g/mol. The average Bonchev–Trinajstić information content (AvgIpc) is 2.90. The molecule has 1 saturated heterocycles. The number of amides is 1. The number of carbonyl (C=O) groups is 1. The minimum atomic E-state index is -3.71. The smallest absolute Gasteiger partial charge is 0.251 e. The molecule has 0 unspecified atom stereocenters. The number of methoxy groups -OCH3 is 1. The number of nitrogens with one attached hydrogen (secondary N) is 1. The van der Waals surface area contributed by atoms with Gasteiger partial charge in [-0.3, -0.25) is 4.79 Å². The topological polar surface area (TPSA) is 95.9 Å². The number of ether oxygens (including phenoxy) is 1. The number of carbonyl (C=O) groups excluding carboxylic acids is 1. The second-order valence-electron chi connectivity index (χ2n) is 7.19. The molecule has 3 rings (SSSR count). The zero-order chi connectivity index (χ0) is 21.0. The van der Waals surface area contributed by atoms with Crippen molar-refractivity contribution in [1.82, 2.24) is 9.62 Å². The Kier molecular flexibility index (Phi) is 6.56. The zero-order valence-electron chi connectivity index (χ0n) is 16.5. The maximum absolute atomic E-state index is 13.0. The van der Waals surface area contributed by atoms with Crippen LogP contribution in [0.25, 0.3) is 0 Å². The second kappa shape index (κ2) is 8.94. The molecule has 7 nitrogen and oxygen atoms in total. The highest BCUT2D eigenvalue weighted by Gasteiger charge is 2.33. The molecule has 0 aliphatic carbocycles. The summed E-state index contributed by atoms with van der Waals surface area (Å²) >= 11 is 0. The molecule has 2 atom stereocenters. The van der Waals surface area contributed by atoms with Crippen molar-refractivity contribution >= 4 is 15.9 Å². The Morgan fingerprint density at radius 3 is 2.41 bits per heavy atom. The fourth-order valence-corrected chi connectivity index (χ4v) is 4.83. The standard InChI is InChI=1S/C21H26N2O5S/c1-15-5-11-18(12-6-15)29(26,27)23-13-3-4-20(24)19(14-23)22-21(25)16-7-9-17(28-2)10-8-16/h5-12,19-20,24H,3-4,13-14H2,1-2H3,(H,22,25)/t19-,20-/m1/s1. The third-order valence-corrected chi connectivity index (χ3v) is 6.98. The fraction of sp³-hybridized carbons (Fsp3) is 0.381. The molecule has 156 valence electrons. The number of hydrogen-bond donors (Lipinski definition) is 2. The van der Waals surface area contributed by atoms with Crippen molar-refractivity contribution in [3.05, 3.63) is 59.7 Å². The highest BCUT2D eigenvalue weighted by atomic mass is 32.2. The van der Waals surface area contributed by atoms with Crippen molar-refractivity contribution in [2.75, 3.05) is 20.2 Å². The third kappa shape index (κ3) is 4.95. The van der Waals surface area contributed by atoms with Gasteiger partial charge in [0.1, 0.15) is 5.75 Å². The summed E-state index contributed by atoms with van der Waals surface area (Å²) < 4.78 is 32.5. The molecule has 29 heavy (non-hydrogen) atoms. The summed E-state index contributed by atoms with van der Waals surface area (Å²) in [6.45, 7) is 2.20. The zero-order valence-corrected chi connectivity index (χ0v) is 17.4. The van der Waals surface area contributed by atoms with Crippen LogP contribution in [0.4, 0.5) is 0 Å². The molecule has 8 heteroatoms. The van der Waals surface area contributed by atoms with E-state index in [9.17, 15) is 18.3 Å². The van der Waals surface area contributed by atoms with Crippen molar-refractivity contribution < 1.29 is 23.1 Å². The molecule has 0 saturated carbocycles. The average molecular weight is 419 g/mol. The first-order valence-corrected chi connectivity index (χ1v) is 10.9. The van der Waals surface area contributed by atoms with Crippen LogP contribution in [0.5, 0.6) is 5.75 Å². The Morgan fingerprint density at radius 1 is 1.14 bits per heavy atom. The van der Waals surface area contributed by atoms with E-state index in [0.29, 0.717) is 30.7 Å². The molecule has 2 N–H and O–H groups in total. The van der Waals surface area contributed by atoms with E-state index in [4.69, 9.17) is 4.74 Å². The molecule has 2 aromatic carbocycles. The van der Waals surface area contributed by atoms with Crippen LogP contribution in [0.15, 0.2) is 53.4 Å². The predicted octanol–water partition coefficient (Wildman–Crippen LogP) is 1.95. The summed E-state index contributed by atoms with van der Waals surface area (Å²) in [6, 6.07) is 12.6. The van der Waals surface area contributed by atoms with Crippen LogP contribution in [-0.2, 0) is 10.0 Å². The molecular weight excluding hydrogens is 392 g/mol. The number of rotatable bonds is 5. The van der Waals surface area contributed by atoms with E-state index >= 15 is 0 Å². The maximum Gasteiger partial charge on any atom is 0.251 e. The van der Waals surface area contributed by atoms with Crippen molar-refractivity contribution in [1.29, 1.82) is 0 Å². The summed E-state index contributed by atoms with van der Waals surface area (Å²) in [5.41, 5.74) is 1.38. The van der Waals surface area contributed by atoms with Crippen molar-refractivity contribution in [2.45, 2.75) is 36.8 Å². The molecule has 0 spiro atoms. The predicted molar refractivity (Wildman–Crippen MR) is 109 cm³/mol. The fourth-order valence-electron chi connectivity index (χ4n) is 3.32. The Balaban J connectivity index is 1.77. The normalized spacial score (nSPS) is 20.7. The highest BCUT2D eigenvalue weighted by molar-refractivity contribution is 7.89. The molecule has 0 bridgehead atoms. The van der Waals surface area contributed by atoms with Gasteiger partial charge < -0.3 is 15.2 Å². The molecule has 1 amide bonds. The summed E-state index contributed by atoms with van der Waals surface area (Å²) in [5, 5.41) is 13.3. The van der Waals surface area contributed by atoms with Gasteiger partial charge in [0.2, 0.25) is 10.0 Å². The van der Waals surface area contributed by atoms with E-state index in [1.807, 2.05) is 6.92 Å². The van der Waals surface area contributed by atoms with Crippen LogP contribution in [-0.4, -0.2) is 56.1 Å². The molecule has 1 aliphatic heterocycles. The highest BCUT2D eigenvalue weighted by Crippen LogP contribution is 2.22. The number of aliphatic hydroxyl groups excluding tert-OH is 1. The van der Waals surface area contributed by atoms with Crippen LogP contribution in [0.1, 0.15) is 28.8 Å². The maximum atomic E-state index is 13.0. The molecule has 0 radical (unpaired) electrons. The number of benzene rings is 2. The largest absolute Gasteiger partial charge is 0.497 e. The van der Waals surface area contributed by atoms with Gasteiger partial charge in [-0.2, -0.15) is 4.31 Å². The minimum Gasteiger partial charge on any atom is -0.497 e. The van der Waals surface area contributed by atoms with Crippen molar-refractivity contribution in [3.63, 3.8) is 0 Å². The second-order valence-corrected chi connectivity index (χ2v) is 9.13. The van der Waals surface area contributed by atoms with Crippen LogP contribution >= 0.6 is 0 Å². The Hall–Kier alpha value is -2.42. The Labute approximate surface area is 171 Å². The summed E-state index contributed by atoms with van der Waals surface area (Å²) in [7, 11) is -2.17. The molecule has 1 heterocycles. The number of aliphatic hydroxyl groups is 1. The first kappa shape index (κ1) is 21.3. The lowest BCUT2D eigenvalue weighted by atomic mass is 10.1. The van der Waals surface area contributed by atoms with E-state index in [0.717, 1.165) is 5.56 Å². The van der Waals surface area contributed by atoms with E-state index in [-0.39, 0.29) is 17.3 Å². The van der Waals surface area contributed by atoms with Gasteiger partial charge in [-0.05, 0) is 56.2 Å². The van der Waals surface area contributed by atoms with Gasteiger partial charge >= 0.3 is 0 Å². The van der Waals surface area contributed by atoms with Gasteiger partial charge in [0.25, 0.3) is 5.91 Å². The van der Waals surface area contributed by atoms with Crippen LogP contribution in [0.3, 0.4) is 0 Å².